The molecule has 6 nitrogen and oxygen atoms in total. The van der Waals surface area contributed by atoms with Gasteiger partial charge < -0.3 is 5.11 Å². The standard InChI is InChI=1S/C9H10N2O4/c1-5-4-10-7(3-8(12)13)6(2)9(5)11(14)15/h4H,3H2,1-2H3,(H,12,13). The Morgan fingerprint density at radius 1 is 1.60 bits per heavy atom. The molecule has 0 amide bonds. The number of rotatable bonds is 3. The summed E-state index contributed by atoms with van der Waals surface area (Å²) in [5, 5.41) is 19.3. The molecule has 1 heterocycles. The van der Waals surface area contributed by atoms with Gasteiger partial charge in [-0.05, 0) is 13.8 Å². The first kappa shape index (κ1) is 11.1. The number of nitro groups is 1. The molecular weight excluding hydrogens is 200 g/mol. The van der Waals surface area contributed by atoms with Gasteiger partial charge in [0.25, 0.3) is 5.69 Å². The number of carbonyl (C=O) groups is 1. The number of aromatic nitrogens is 1. The Labute approximate surface area is 85.7 Å². The number of aryl methyl sites for hydroxylation is 1. The lowest BCUT2D eigenvalue weighted by molar-refractivity contribution is -0.386. The predicted octanol–water partition coefficient (Wildman–Crippen LogP) is 1.23. The van der Waals surface area contributed by atoms with Crippen LogP contribution in [0.4, 0.5) is 5.69 Å². The van der Waals surface area contributed by atoms with Crippen molar-refractivity contribution >= 4 is 11.7 Å². The van der Waals surface area contributed by atoms with E-state index in [4.69, 9.17) is 5.11 Å². The van der Waals surface area contributed by atoms with E-state index in [9.17, 15) is 14.9 Å². The molecular formula is C9H10N2O4. The molecule has 0 spiro atoms. The minimum Gasteiger partial charge on any atom is -0.481 e. The summed E-state index contributed by atoms with van der Waals surface area (Å²) < 4.78 is 0. The molecule has 0 fully saturated rings. The van der Waals surface area contributed by atoms with Gasteiger partial charge in [0.15, 0.2) is 0 Å². The van der Waals surface area contributed by atoms with Crippen LogP contribution in [0.25, 0.3) is 0 Å². The van der Waals surface area contributed by atoms with E-state index in [0.717, 1.165) is 0 Å². The first-order chi connectivity index (χ1) is 6.93. The molecule has 1 aromatic heterocycles. The normalized spacial score (nSPS) is 10.0. The Balaban J connectivity index is 3.28. The van der Waals surface area contributed by atoms with Gasteiger partial charge >= 0.3 is 5.97 Å². The molecule has 80 valence electrons. The van der Waals surface area contributed by atoms with Crippen LogP contribution in [0.3, 0.4) is 0 Å². The Bertz CT molecular complexity index is 428. The minimum absolute atomic E-state index is 0.0544. The Morgan fingerprint density at radius 3 is 2.67 bits per heavy atom. The Kier molecular flexibility index (Phi) is 2.99. The number of carboxylic acids is 1. The summed E-state index contributed by atoms with van der Waals surface area (Å²) in [6.07, 6.45) is 1.02. The topological polar surface area (TPSA) is 93.3 Å². The van der Waals surface area contributed by atoms with Crippen molar-refractivity contribution in [3.05, 3.63) is 33.1 Å². The molecule has 1 N–H and O–H groups in total. The van der Waals surface area contributed by atoms with Crippen LogP contribution in [-0.2, 0) is 11.2 Å². The van der Waals surface area contributed by atoms with Crippen molar-refractivity contribution in [2.24, 2.45) is 0 Å². The van der Waals surface area contributed by atoms with Gasteiger partial charge in [-0.1, -0.05) is 0 Å². The van der Waals surface area contributed by atoms with Crippen LogP contribution in [-0.4, -0.2) is 21.0 Å². The van der Waals surface area contributed by atoms with Crippen LogP contribution in [0, 0.1) is 24.0 Å². The lowest BCUT2D eigenvalue weighted by Gasteiger charge is -2.04. The molecule has 0 saturated carbocycles. The molecule has 0 aliphatic heterocycles. The van der Waals surface area contributed by atoms with Crippen molar-refractivity contribution in [1.82, 2.24) is 4.98 Å². The molecule has 6 heteroatoms. The zero-order chi connectivity index (χ0) is 11.6. The molecule has 0 aromatic carbocycles. The molecule has 0 aliphatic carbocycles. The van der Waals surface area contributed by atoms with Gasteiger partial charge in [-0.3, -0.25) is 19.9 Å². The summed E-state index contributed by atoms with van der Waals surface area (Å²) in [4.78, 5) is 24.5. The lowest BCUT2D eigenvalue weighted by atomic mass is 10.1. The fourth-order valence-electron chi connectivity index (χ4n) is 1.37. The van der Waals surface area contributed by atoms with E-state index in [1.165, 1.54) is 13.1 Å². The van der Waals surface area contributed by atoms with Gasteiger partial charge in [-0.25, -0.2) is 0 Å². The average Bonchev–Trinajstić information content (AvgIpc) is 2.09. The maximum atomic E-state index is 10.7. The van der Waals surface area contributed by atoms with Gasteiger partial charge in [0.2, 0.25) is 0 Å². The SMILES string of the molecule is Cc1cnc(CC(=O)O)c(C)c1[N+](=O)[O-]. The van der Waals surface area contributed by atoms with Crippen molar-refractivity contribution in [3.63, 3.8) is 0 Å². The first-order valence-corrected chi connectivity index (χ1v) is 4.24. The summed E-state index contributed by atoms with van der Waals surface area (Å²) in [5.74, 6) is -1.05. The summed E-state index contributed by atoms with van der Waals surface area (Å²) in [7, 11) is 0. The number of hydrogen-bond donors (Lipinski definition) is 1. The van der Waals surface area contributed by atoms with E-state index in [1.54, 1.807) is 6.92 Å². The van der Waals surface area contributed by atoms with Crippen LogP contribution in [0.15, 0.2) is 6.20 Å². The zero-order valence-corrected chi connectivity index (χ0v) is 8.35. The molecule has 0 aliphatic rings. The molecule has 1 rings (SSSR count). The third-order valence-corrected chi connectivity index (χ3v) is 2.08. The molecule has 1 aromatic rings. The highest BCUT2D eigenvalue weighted by atomic mass is 16.6. The number of hydrogen-bond acceptors (Lipinski definition) is 4. The van der Waals surface area contributed by atoms with E-state index in [0.29, 0.717) is 11.1 Å². The van der Waals surface area contributed by atoms with Crippen LogP contribution in [0.1, 0.15) is 16.8 Å². The minimum atomic E-state index is -1.05. The van der Waals surface area contributed by atoms with Crippen molar-refractivity contribution < 1.29 is 14.8 Å². The van der Waals surface area contributed by atoms with Crippen molar-refractivity contribution in [2.75, 3.05) is 0 Å². The fraction of sp³-hybridized carbons (Fsp3) is 0.333. The van der Waals surface area contributed by atoms with E-state index < -0.39 is 10.9 Å². The third kappa shape index (κ3) is 2.28. The van der Waals surface area contributed by atoms with Gasteiger partial charge in [0, 0.05) is 17.3 Å². The second-order valence-electron chi connectivity index (χ2n) is 3.19. The van der Waals surface area contributed by atoms with Crippen LogP contribution >= 0.6 is 0 Å². The Hall–Kier alpha value is -1.98. The number of aliphatic carboxylic acids is 1. The highest BCUT2D eigenvalue weighted by Gasteiger charge is 2.19. The van der Waals surface area contributed by atoms with Crippen LogP contribution < -0.4 is 0 Å². The lowest BCUT2D eigenvalue weighted by Crippen LogP contribution is -2.07. The number of pyridine rings is 1. The van der Waals surface area contributed by atoms with Crippen LogP contribution in [0.5, 0.6) is 0 Å². The van der Waals surface area contributed by atoms with Crippen molar-refractivity contribution in [1.29, 1.82) is 0 Å². The molecule has 0 bridgehead atoms. The largest absolute Gasteiger partial charge is 0.481 e. The molecule has 0 saturated heterocycles. The highest BCUT2D eigenvalue weighted by Crippen LogP contribution is 2.24. The number of nitrogens with zero attached hydrogens (tertiary/aromatic N) is 2. The predicted molar refractivity (Wildman–Crippen MR) is 51.7 cm³/mol. The van der Waals surface area contributed by atoms with Crippen molar-refractivity contribution in [2.45, 2.75) is 20.3 Å². The summed E-state index contributed by atoms with van der Waals surface area (Å²) >= 11 is 0. The van der Waals surface area contributed by atoms with E-state index in [1.807, 2.05) is 0 Å². The quantitative estimate of drug-likeness (QED) is 0.598. The van der Waals surface area contributed by atoms with Gasteiger partial charge in [0.1, 0.15) is 0 Å². The third-order valence-electron chi connectivity index (χ3n) is 2.08. The maximum Gasteiger partial charge on any atom is 0.309 e. The van der Waals surface area contributed by atoms with Gasteiger partial charge in [0.05, 0.1) is 17.0 Å². The van der Waals surface area contributed by atoms with E-state index in [-0.39, 0.29) is 17.8 Å². The molecule has 0 unspecified atom stereocenters. The van der Waals surface area contributed by atoms with E-state index in [2.05, 4.69) is 4.98 Å². The van der Waals surface area contributed by atoms with Gasteiger partial charge in [-0.2, -0.15) is 0 Å². The zero-order valence-electron chi connectivity index (χ0n) is 8.35. The molecule has 0 atom stereocenters. The summed E-state index contributed by atoms with van der Waals surface area (Å²) in [5.41, 5.74) is 0.940. The first-order valence-electron chi connectivity index (χ1n) is 4.24. The average molecular weight is 210 g/mol. The summed E-state index contributed by atoms with van der Waals surface area (Å²) in [6, 6.07) is 0. The van der Waals surface area contributed by atoms with Crippen molar-refractivity contribution in [3.8, 4) is 0 Å². The fourth-order valence-corrected chi connectivity index (χ4v) is 1.37. The van der Waals surface area contributed by atoms with Gasteiger partial charge in [-0.15, -0.1) is 0 Å². The summed E-state index contributed by atoms with van der Waals surface area (Å²) in [6.45, 7) is 3.08. The highest BCUT2D eigenvalue weighted by molar-refractivity contribution is 5.70. The number of carboxylic acid groups (broad SMARTS) is 1. The van der Waals surface area contributed by atoms with Crippen LogP contribution in [0.2, 0.25) is 0 Å². The molecule has 0 radical (unpaired) electrons. The molecule has 15 heavy (non-hydrogen) atoms. The smallest absolute Gasteiger partial charge is 0.309 e. The second-order valence-corrected chi connectivity index (χ2v) is 3.19. The maximum absolute atomic E-state index is 10.7. The monoisotopic (exact) mass is 210 g/mol. The second kappa shape index (κ2) is 4.04. The van der Waals surface area contributed by atoms with E-state index >= 15 is 0 Å². The Morgan fingerprint density at radius 2 is 2.20 bits per heavy atom.